The van der Waals surface area contributed by atoms with Gasteiger partial charge in [0.05, 0.1) is 12.5 Å². The summed E-state index contributed by atoms with van der Waals surface area (Å²) < 4.78 is 5.12. The third-order valence-corrected chi connectivity index (χ3v) is 3.61. The highest BCUT2D eigenvalue weighted by Crippen LogP contribution is 2.20. The van der Waals surface area contributed by atoms with Gasteiger partial charge in [-0.1, -0.05) is 6.07 Å². The SMILES string of the molecule is CCOC(=O)C1CCCN(Cc2ccc(NC)nc2)C1. The highest BCUT2D eigenvalue weighted by atomic mass is 16.5. The van der Waals surface area contributed by atoms with Crippen LogP contribution in [0.25, 0.3) is 0 Å². The molecule has 0 radical (unpaired) electrons. The fraction of sp³-hybridized carbons (Fsp3) is 0.600. The normalized spacial score (nSPS) is 19.6. The van der Waals surface area contributed by atoms with E-state index in [1.807, 2.05) is 26.2 Å². The van der Waals surface area contributed by atoms with Gasteiger partial charge in [0.1, 0.15) is 5.82 Å². The van der Waals surface area contributed by atoms with E-state index in [1.54, 1.807) is 0 Å². The summed E-state index contributed by atoms with van der Waals surface area (Å²) in [7, 11) is 1.86. The predicted molar refractivity (Wildman–Crippen MR) is 78.4 cm³/mol. The number of nitrogens with zero attached hydrogens (tertiary/aromatic N) is 2. The van der Waals surface area contributed by atoms with E-state index in [9.17, 15) is 4.79 Å². The summed E-state index contributed by atoms with van der Waals surface area (Å²) in [5.41, 5.74) is 1.17. The molecule has 2 heterocycles. The van der Waals surface area contributed by atoms with Gasteiger partial charge in [-0.05, 0) is 37.9 Å². The summed E-state index contributed by atoms with van der Waals surface area (Å²) in [4.78, 5) is 18.4. The molecule has 1 aliphatic rings. The minimum absolute atomic E-state index is 0.0215. The maximum Gasteiger partial charge on any atom is 0.310 e. The smallest absolute Gasteiger partial charge is 0.310 e. The van der Waals surface area contributed by atoms with Crippen molar-refractivity contribution in [1.29, 1.82) is 0 Å². The van der Waals surface area contributed by atoms with Gasteiger partial charge in [-0.15, -0.1) is 0 Å². The van der Waals surface area contributed by atoms with E-state index < -0.39 is 0 Å². The second kappa shape index (κ2) is 7.24. The van der Waals surface area contributed by atoms with Crippen molar-refractivity contribution in [3.05, 3.63) is 23.9 Å². The molecule has 0 aliphatic carbocycles. The first-order valence-electron chi connectivity index (χ1n) is 7.24. The Kier molecular flexibility index (Phi) is 5.35. The van der Waals surface area contributed by atoms with E-state index in [1.165, 1.54) is 5.56 Å². The summed E-state index contributed by atoms with van der Waals surface area (Å²) in [5, 5.41) is 3.01. The van der Waals surface area contributed by atoms with Crippen LogP contribution in [0.15, 0.2) is 18.3 Å². The maximum absolute atomic E-state index is 11.8. The number of carbonyl (C=O) groups excluding carboxylic acids is 1. The van der Waals surface area contributed by atoms with Crippen LogP contribution in [0.2, 0.25) is 0 Å². The number of carbonyl (C=O) groups is 1. The van der Waals surface area contributed by atoms with Crippen molar-refractivity contribution in [2.24, 2.45) is 5.92 Å². The number of rotatable bonds is 5. The van der Waals surface area contributed by atoms with Crippen LogP contribution in [0.1, 0.15) is 25.3 Å². The maximum atomic E-state index is 11.8. The molecule has 1 unspecified atom stereocenters. The number of likely N-dealkylation sites (tertiary alicyclic amines) is 1. The van der Waals surface area contributed by atoms with Crippen LogP contribution < -0.4 is 5.32 Å². The molecule has 20 heavy (non-hydrogen) atoms. The van der Waals surface area contributed by atoms with Gasteiger partial charge in [0.15, 0.2) is 0 Å². The van der Waals surface area contributed by atoms with Gasteiger partial charge in [-0.25, -0.2) is 4.98 Å². The zero-order valence-corrected chi connectivity index (χ0v) is 12.3. The van der Waals surface area contributed by atoms with E-state index in [-0.39, 0.29) is 11.9 Å². The molecule has 5 nitrogen and oxygen atoms in total. The first-order valence-corrected chi connectivity index (χ1v) is 7.24. The molecule has 2 rings (SSSR count). The first kappa shape index (κ1) is 14.8. The number of esters is 1. The second-order valence-electron chi connectivity index (χ2n) is 5.13. The number of hydrogen-bond acceptors (Lipinski definition) is 5. The van der Waals surface area contributed by atoms with Gasteiger partial charge in [0, 0.05) is 26.3 Å². The van der Waals surface area contributed by atoms with Crippen LogP contribution >= 0.6 is 0 Å². The first-order chi connectivity index (χ1) is 9.72. The Bertz CT molecular complexity index is 433. The molecule has 1 saturated heterocycles. The van der Waals surface area contributed by atoms with Crippen LogP contribution in [0.4, 0.5) is 5.82 Å². The summed E-state index contributed by atoms with van der Waals surface area (Å²) in [5.74, 6) is 0.839. The van der Waals surface area contributed by atoms with E-state index in [4.69, 9.17) is 4.74 Å². The minimum Gasteiger partial charge on any atom is -0.466 e. The van der Waals surface area contributed by atoms with Crippen LogP contribution in [0.3, 0.4) is 0 Å². The predicted octanol–water partition coefficient (Wildman–Crippen LogP) is 1.90. The van der Waals surface area contributed by atoms with Crippen molar-refractivity contribution in [2.45, 2.75) is 26.3 Å². The van der Waals surface area contributed by atoms with E-state index in [2.05, 4.69) is 21.3 Å². The molecule has 0 spiro atoms. The lowest BCUT2D eigenvalue weighted by Gasteiger charge is -2.31. The number of ether oxygens (including phenoxy) is 1. The number of hydrogen-bond donors (Lipinski definition) is 1. The van der Waals surface area contributed by atoms with Crippen LogP contribution in [0, 0.1) is 5.92 Å². The van der Waals surface area contributed by atoms with Gasteiger partial charge in [-0.2, -0.15) is 0 Å². The summed E-state index contributed by atoms with van der Waals surface area (Å²) in [6.07, 6.45) is 3.87. The van der Waals surface area contributed by atoms with E-state index in [0.717, 1.165) is 38.3 Å². The Morgan fingerprint density at radius 1 is 1.55 bits per heavy atom. The van der Waals surface area contributed by atoms with Gasteiger partial charge in [-0.3, -0.25) is 9.69 Å². The molecule has 1 fully saturated rings. The third kappa shape index (κ3) is 3.93. The van der Waals surface area contributed by atoms with Crippen molar-refractivity contribution < 1.29 is 9.53 Å². The highest BCUT2D eigenvalue weighted by Gasteiger charge is 2.26. The quantitative estimate of drug-likeness (QED) is 0.833. The summed E-state index contributed by atoms with van der Waals surface area (Å²) in [6.45, 7) is 4.97. The molecule has 5 heteroatoms. The molecule has 0 amide bonds. The second-order valence-corrected chi connectivity index (χ2v) is 5.13. The summed E-state index contributed by atoms with van der Waals surface area (Å²) in [6, 6.07) is 4.05. The monoisotopic (exact) mass is 277 g/mol. The molecule has 1 aromatic heterocycles. The van der Waals surface area contributed by atoms with Crippen molar-refractivity contribution >= 4 is 11.8 Å². The Labute approximate surface area is 120 Å². The molecule has 0 saturated carbocycles. The van der Waals surface area contributed by atoms with E-state index >= 15 is 0 Å². The molecular formula is C15H23N3O2. The molecule has 1 aromatic rings. The van der Waals surface area contributed by atoms with Gasteiger partial charge < -0.3 is 10.1 Å². The zero-order valence-electron chi connectivity index (χ0n) is 12.3. The molecule has 0 aromatic carbocycles. The lowest BCUT2D eigenvalue weighted by Crippen LogP contribution is -2.38. The Morgan fingerprint density at radius 2 is 2.40 bits per heavy atom. The van der Waals surface area contributed by atoms with Crippen LogP contribution in [-0.2, 0) is 16.1 Å². The fourth-order valence-electron chi connectivity index (χ4n) is 2.58. The largest absolute Gasteiger partial charge is 0.466 e. The molecular weight excluding hydrogens is 254 g/mol. The van der Waals surface area contributed by atoms with Crippen molar-refractivity contribution in [2.75, 3.05) is 32.1 Å². The number of piperidine rings is 1. The fourth-order valence-corrected chi connectivity index (χ4v) is 2.58. The molecule has 1 atom stereocenters. The molecule has 1 aliphatic heterocycles. The highest BCUT2D eigenvalue weighted by molar-refractivity contribution is 5.72. The lowest BCUT2D eigenvalue weighted by molar-refractivity contribution is -0.150. The van der Waals surface area contributed by atoms with Gasteiger partial charge >= 0.3 is 5.97 Å². The topological polar surface area (TPSA) is 54.5 Å². The average Bonchev–Trinajstić information content (AvgIpc) is 2.48. The standard InChI is InChI=1S/C15H23N3O2/c1-3-20-15(19)13-5-4-8-18(11-13)10-12-6-7-14(16-2)17-9-12/h6-7,9,13H,3-5,8,10-11H2,1-2H3,(H,16,17). The van der Waals surface area contributed by atoms with Crippen LogP contribution in [0.5, 0.6) is 0 Å². The third-order valence-electron chi connectivity index (χ3n) is 3.61. The van der Waals surface area contributed by atoms with Gasteiger partial charge in [0.25, 0.3) is 0 Å². The van der Waals surface area contributed by atoms with Crippen LogP contribution in [-0.4, -0.2) is 42.6 Å². The van der Waals surface area contributed by atoms with Crippen molar-refractivity contribution in [3.8, 4) is 0 Å². The number of aromatic nitrogens is 1. The Hall–Kier alpha value is -1.62. The van der Waals surface area contributed by atoms with Crippen molar-refractivity contribution in [1.82, 2.24) is 9.88 Å². The molecule has 110 valence electrons. The van der Waals surface area contributed by atoms with Gasteiger partial charge in [0.2, 0.25) is 0 Å². The summed E-state index contributed by atoms with van der Waals surface area (Å²) >= 11 is 0. The molecule has 0 bridgehead atoms. The van der Waals surface area contributed by atoms with Crippen molar-refractivity contribution in [3.63, 3.8) is 0 Å². The Balaban J connectivity index is 1.90. The minimum atomic E-state index is -0.0548. The number of anilines is 1. The zero-order chi connectivity index (χ0) is 14.4. The van der Waals surface area contributed by atoms with E-state index in [0.29, 0.717) is 6.61 Å². The number of nitrogens with one attached hydrogen (secondary N) is 1. The Morgan fingerprint density at radius 3 is 3.05 bits per heavy atom. The molecule has 1 N–H and O–H groups in total. The number of pyridine rings is 1. The average molecular weight is 277 g/mol. The lowest BCUT2D eigenvalue weighted by atomic mass is 9.98.